The lowest BCUT2D eigenvalue weighted by Gasteiger charge is -2.17. The Labute approximate surface area is 155 Å². The maximum atomic E-state index is 14.2. The third-order valence-electron chi connectivity index (χ3n) is 4.57. The number of nitrogens with one attached hydrogen (secondary N) is 1. The van der Waals surface area contributed by atoms with E-state index < -0.39 is 0 Å². The summed E-state index contributed by atoms with van der Waals surface area (Å²) in [7, 11) is 4.68. The summed E-state index contributed by atoms with van der Waals surface area (Å²) in [6.07, 6.45) is 1.38. The second-order valence-electron chi connectivity index (χ2n) is 6.11. The molecule has 0 saturated heterocycles. The third-order valence-corrected chi connectivity index (χ3v) is 4.57. The van der Waals surface area contributed by atoms with E-state index in [1.165, 1.54) is 6.07 Å². The van der Waals surface area contributed by atoms with Crippen molar-refractivity contribution in [3.8, 4) is 17.2 Å². The molecule has 140 valence electrons. The van der Waals surface area contributed by atoms with Crippen LogP contribution in [0.15, 0.2) is 41.5 Å². The van der Waals surface area contributed by atoms with Crippen LogP contribution >= 0.6 is 0 Å². The van der Waals surface area contributed by atoms with Gasteiger partial charge < -0.3 is 23.9 Å². The fourth-order valence-corrected chi connectivity index (χ4v) is 3.25. The Morgan fingerprint density at radius 1 is 1.07 bits per heavy atom. The first kappa shape index (κ1) is 17.2. The largest absolute Gasteiger partial charge is 0.493 e. The summed E-state index contributed by atoms with van der Waals surface area (Å²) in [4.78, 5) is 7.34. The molecule has 0 bridgehead atoms. The maximum Gasteiger partial charge on any atom is 0.217 e. The van der Waals surface area contributed by atoms with Crippen molar-refractivity contribution in [2.24, 2.45) is 4.99 Å². The average Bonchev–Trinajstić information content (AvgIpc) is 3.36. The molecule has 1 N–H and O–H groups in total. The van der Waals surface area contributed by atoms with Gasteiger partial charge in [0.1, 0.15) is 11.9 Å². The van der Waals surface area contributed by atoms with Crippen molar-refractivity contribution >= 4 is 16.8 Å². The van der Waals surface area contributed by atoms with Crippen molar-refractivity contribution in [3.63, 3.8) is 0 Å². The van der Waals surface area contributed by atoms with Crippen molar-refractivity contribution in [3.05, 3.63) is 53.5 Å². The van der Waals surface area contributed by atoms with Gasteiger partial charge in [0.25, 0.3) is 0 Å². The highest BCUT2D eigenvalue weighted by atomic mass is 19.1. The van der Waals surface area contributed by atoms with Gasteiger partial charge in [0.2, 0.25) is 11.6 Å². The third kappa shape index (κ3) is 2.95. The van der Waals surface area contributed by atoms with Crippen LogP contribution in [-0.2, 0) is 4.74 Å². The molecule has 0 aliphatic carbocycles. The molecule has 0 radical (unpaired) electrons. The number of aromatic nitrogens is 1. The monoisotopic (exact) mass is 370 g/mol. The lowest BCUT2D eigenvalue weighted by molar-refractivity contribution is 0.228. The number of H-pyrrole nitrogens is 1. The highest BCUT2D eigenvalue weighted by Gasteiger charge is 2.26. The Hall–Kier alpha value is -3.22. The van der Waals surface area contributed by atoms with Gasteiger partial charge in [0.15, 0.2) is 11.5 Å². The summed E-state index contributed by atoms with van der Waals surface area (Å²) in [5.41, 5.74) is 1.92. The van der Waals surface area contributed by atoms with Crippen LogP contribution in [0.1, 0.15) is 17.2 Å². The van der Waals surface area contributed by atoms with Crippen molar-refractivity contribution in [2.75, 3.05) is 27.9 Å². The second kappa shape index (κ2) is 6.83. The number of benzene rings is 2. The normalized spacial score (nSPS) is 16.1. The number of aliphatic imine (C=N–C) groups is 1. The van der Waals surface area contributed by atoms with Crippen LogP contribution in [0.4, 0.5) is 4.39 Å². The molecular weight excluding hydrogens is 351 g/mol. The zero-order valence-electron chi connectivity index (χ0n) is 15.2. The molecule has 3 aromatic rings. The minimum absolute atomic E-state index is 0.321. The van der Waals surface area contributed by atoms with Gasteiger partial charge in [0.05, 0.1) is 33.4 Å². The predicted molar refractivity (Wildman–Crippen MR) is 99.6 cm³/mol. The quantitative estimate of drug-likeness (QED) is 0.741. The van der Waals surface area contributed by atoms with E-state index >= 15 is 0 Å². The number of aromatic amines is 1. The predicted octanol–water partition coefficient (Wildman–Crippen LogP) is 3.85. The Bertz CT molecular complexity index is 1000. The molecular formula is C20H19FN2O4. The van der Waals surface area contributed by atoms with Crippen LogP contribution < -0.4 is 14.2 Å². The molecule has 2 heterocycles. The van der Waals surface area contributed by atoms with Crippen LogP contribution in [0, 0.1) is 5.82 Å². The summed E-state index contributed by atoms with van der Waals surface area (Å²) in [5.74, 6) is 1.68. The van der Waals surface area contributed by atoms with E-state index in [2.05, 4.69) is 9.98 Å². The molecule has 6 nitrogen and oxygen atoms in total. The lowest BCUT2D eigenvalue weighted by atomic mass is 10.1. The van der Waals surface area contributed by atoms with Gasteiger partial charge >= 0.3 is 0 Å². The smallest absolute Gasteiger partial charge is 0.217 e. The van der Waals surface area contributed by atoms with Gasteiger partial charge in [-0.2, -0.15) is 0 Å². The van der Waals surface area contributed by atoms with Crippen LogP contribution in [0.3, 0.4) is 0 Å². The van der Waals surface area contributed by atoms with E-state index in [4.69, 9.17) is 18.9 Å². The summed E-state index contributed by atoms with van der Waals surface area (Å²) in [5, 5.41) is 0.771. The van der Waals surface area contributed by atoms with E-state index in [-0.39, 0.29) is 11.9 Å². The number of nitrogens with zero attached hydrogens (tertiary/aromatic N) is 1. The van der Waals surface area contributed by atoms with Crippen LogP contribution in [0.5, 0.6) is 17.2 Å². The first-order valence-corrected chi connectivity index (χ1v) is 8.42. The molecule has 1 unspecified atom stereocenters. The van der Waals surface area contributed by atoms with Crippen molar-refractivity contribution in [1.82, 2.24) is 4.98 Å². The maximum absolute atomic E-state index is 14.2. The standard InChI is InChI=1S/C20H19FN2O4/c1-24-15-8-12(9-16(25-2)19(15)26-3)17-10-23-20(27-17)13-6-11-4-5-22-18(11)14(21)7-13/h4-9,17,22H,10H2,1-3H3. The summed E-state index contributed by atoms with van der Waals surface area (Å²) in [6, 6.07) is 8.76. The van der Waals surface area contributed by atoms with E-state index in [1.54, 1.807) is 27.5 Å². The van der Waals surface area contributed by atoms with Crippen LogP contribution in [-0.4, -0.2) is 38.8 Å². The summed E-state index contributed by atoms with van der Waals surface area (Å²) in [6.45, 7) is 0.417. The molecule has 27 heavy (non-hydrogen) atoms. The van der Waals surface area contributed by atoms with Crippen molar-refractivity contribution in [1.29, 1.82) is 0 Å². The van der Waals surface area contributed by atoms with Gasteiger partial charge in [-0.1, -0.05) is 0 Å². The minimum Gasteiger partial charge on any atom is -0.493 e. The average molecular weight is 370 g/mol. The minimum atomic E-state index is -0.338. The Morgan fingerprint density at radius 2 is 1.81 bits per heavy atom. The fourth-order valence-electron chi connectivity index (χ4n) is 3.25. The SMILES string of the molecule is COc1cc(C2CN=C(c3cc(F)c4[nH]ccc4c3)O2)cc(OC)c1OC. The number of hydrogen-bond acceptors (Lipinski definition) is 5. The zero-order chi connectivity index (χ0) is 19.0. The van der Waals surface area contributed by atoms with E-state index in [9.17, 15) is 4.39 Å². The van der Waals surface area contributed by atoms with Crippen molar-refractivity contribution in [2.45, 2.75) is 6.10 Å². The summed E-state index contributed by atoms with van der Waals surface area (Å²) < 4.78 is 36.4. The van der Waals surface area contributed by atoms with E-state index in [1.807, 2.05) is 24.3 Å². The molecule has 1 aromatic heterocycles. The van der Waals surface area contributed by atoms with Gasteiger partial charge in [-0.3, -0.25) is 0 Å². The first-order valence-electron chi connectivity index (χ1n) is 8.42. The Balaban J connectivity index is 1.63. The zero-order valence-corrected chi connectivity index (χ0v) is 15.2. The van der Waals surface area contributed by atoms with E-state index in [0.29, 0.717) is 40.8 Å². The Morgan fingerprint density at radius 3 is 2.48 bits per heavy atom. The highest BCUT2D eigenvalue weighted by Crippen LogP contribution is 2.41. The second-order valence-corrected chi connectivity index (χ2v) is 6.11. The molecule has 7 heteroatoms. The topological polar surface area (TPSA) is 65.1 Å². The number of halogens is 1. The molecule has 0 spiro atoms. The van der Waals surface area contributed by atoms with Gasteiger partial charge in [-0.25, -0.2) is 9.38 Å². The fraction of sp³-hybridized carbons (Fsp3) is 0.250. The number of hydrogen-bond donors (Lipinski definition) is 1. The van der Waals surface area contributed by atoms with Crippen LogP contribution in [0.2, 0.25) is 0 Å². The van der Waals surface area contributed by atoms with Gasteiger partial charge in [-0.05, 0) is 30.3 Å². The number of rotatable bonds is 5. The lowest BCUT2D eigenvalue weighted by Crippen LogP contribution is -2.08. The molecule has 0 fully saturated rings. The molecule has 1 atom stereocenters. The molecule has 0 amide bonds. The molecule has 4 rings (SSSR count). The molecule has 1 aliphatic heterocycles. The highest BCUT2D eigenvalue weighted by molar-refractivity contribution is 5.99. The number of methoxy groups -OCH3 is 3. The van der Waals surface area contributed by atoms with Crippen molar-refractivity contribution < 1.29 is 23.3 Å². The molecule has 0 saturated carbocycles. The summed E-state index contributed by atoms with van der Waals surface area (Å²) >= 11 is 0. The Kier molecular flexibility index (Phi) is 4.35. The van der Waals surface area contributed by atoms with E-state index in [0.717, 1.165) is 10.9 Å². The number of ether oxygens (including phenoxy) is 4. The molecule has 1 aliphatic rings. The van der Waals surface area contributed by atoms with Gasteiger partial charge in [0, 0.05) is 22.7 Å². The molecule has 2 aromatic carbocycles. The first-order chi connectivity index (χ1) is 13.1. The number of fused-ring (bicyclic) bond motifs is 1. The van der Waals surface area contributed by atoms with Gasteiger partial charge in [-0.15, -0.1) is 0 Å². The van der Waals surface area contributed by atoms with Crippen LogP contribution in [0.25, 0.3) is 10.9 Å².